The molecule has 4 bridgehead atoms. The van der Waals surface area contributed by atoms with Crippen molar-refractivity contribution in [1.29, 1.82) is 0 Å². The normalized spacial score (nSPS) is 61.7. The number of aliphatic hydroxyl groups excluding tert-OH is 4. The summed E-state index contributed by atoms with van der Waals surface area (Å²) in [6.45, 7) is 5.50. The van der Waals surface area contributed by atoms with E-state index in [9.17, 15) is 30.3 Å². The summed E-state index contributed by atoms with van der Waals surface area (Å²) in [6.07, 6.45) is -1.59. The van der Waals surface area contributed by atoms with E-state index in [2.05, 4.69) is 6.58 Å². The molecule has 27 heavy (non-hydrogen) atoms. The first-order valence-electron chi connectivity index (χ1n) is 9.88. The molecule has 0 unspecified atom stereocenters. The zero-order valence-electron chi connectivity index (χ0n) is 15.5. The molecule has 6 rings (SSSR count). The number of Topliss-reactive ketones (excluding diaryl/α,β-unsaturated/α-hetero) is 1. The van der Waals surface area contributed by atoms with Gasteiger partial charge in [0.1, 0.15) is 11.5 Å². The minimum atomic E-state index is -2.26. The molecule has 2 saturated heterocycles. The van der Waals surface area contributed by atoms with Crippen LogP contribution in [-0.4, -0.2) is 68.6 Å². The van der Waals surface area contributed by atoms with E-state index in [1.165, 1.54) is 0 Å². The van der Waals surface area contributed by atoms with Crippen molar-refractivity contribution in [2.45, 2.75) is 56.7 Å². The molecule has 0 aromatic heterocycles. The number of fused-ring (bicyclic) bond motifs is 2. The highest BCUT2D eigenvalue weighted by Crippen LogP contribution is 2.76. The zero-order chi connectivity index (χ0) is 19.6. The van der Waals surface area contributed by atoms with Crippen LogP contribution >= 0.6 is 0 Å². The van der Waals surface area contributed by atoms with Gasteiger partial charge in [0.2, 0.25) is 5.79 Å². The van der Waals surface area contributed by atoms with Gasteiger partial charge < -0.3 is 30.3 Å². The van der Waals surface area contributed by atoms with Crippen molar-refractivity contribution in [3.8, 4) is 0 Å². The summed E-state index contributed by atoms with van der Waals surface area (Å²) in [6, 6.07) is 0. The van der Waals surface area contributed by atoms with Crippen molar-refractivity contribution in [1.82, 2.24) is 0 Å². The molecule has 2 heterocycles. The fourth-order valence-electron chi connectivity index (χ4n) is 7.91. The summed E-state index contributed by atoms with van der Waals surface area (Å²) in [5, 5.41) is 55.3. The van der Waals surface area contributed by atoms with Gasteiger partial charge in [-0.3, -0.25) is 4.79 Å². The average Bonchev–Trinajstić information content (AvgIpc) is 2.76. The van der Waals surface area contributed by atoms with Crippen LogP contribution in [0, 0.1) is 34.0 Å². The average molecular weight is 380 g/mol. The summed E-state index contributed by atoms with van der Waals surface area (Å²) < 4.78 is 5.77. The van der Waals surface area contributed by atoms with Gasteiger partial charge in [-0.2, -0.15) is 0 Å². The molecule has 4 aliphatic carbocycles. The van der Waals surface area contributed by atoms with Crippen molar-refractivity contribution < 1.29 is 35.1 Å². The van der Waals surface area contributed by atoms with Crippen molar-refractivity contribution in [3.63, 3.8) is 0 Å². The fraction of sp³-hybridized carbons (Fsp3) is 0.850. The summed E-state index contributed by atoms with van der Waals surface area (Å²) in [5.41, 5.74) is -3.18. The summed E-state index contributed by atoms with van der Waals surface area (Å²) in [7, 11) is 0. The molecule has 0 radical (unpaired) electrons. The lowest BCUT2D eigenvalue weighted by molar-refractivity contribution is -0.459. The number of carbonyl (C=O) groups excluding carboxylic acids is 1. The number of carbonyl (C=O) groups is 1. The van der Waals surface area contributed by atoms with Crippen molar-refractivity contribution in [3.05, 3.63) is 12.2 Å². The van der Waals surface area contributed by atoms with Gasteiger partial charge in [0, 0.05) is 23.9 Å². The van der Waals surface area contributed by atoms with Gasteiger partial charge in [0.25, 0.3) is 0 Å². The first-order valence-corrected chi connectivity index (χ1v) is 9.88. The molecule has 4 saturated carbocycles. The third-order valence-corrected chi connectivity index (χ3v) is 9.08. The van der Waals surface area contributed by atoms with E-state index in [0.29, 0.717) is 25.7 Å². The lowest BCUT2D eigenvalue weighted by atomic mass is 9.35. The van der Waals surface area contributed by atoms with Crippen LogP contribution in [-0.2, 0) is 9.53 Å². The summed E-state index contributed by atoms with van der Waals surface area (Å²) >= 11 is 0. The van der Waals surface area contributed by atoms with Crippen LogP contribution in [0.5, 0.6) is 0 Å². The topological polar surface area (TPSA) is 127 Å². The van der Waals surface area contributed by atoms with Crippen molar-refractivity contribution >= 4 is 5.78 Å². The molecular weight excluding hydrogens is 352 g/mol. The summed E-state index contributed by atoms with van der Waals surface area (Å²) in [4.78, 5) is 13.4. The molecule has 5 N–H and O–H groups in total. The zero-order valence-corrected chi connectivity index (χ0v) is 15.5. The smallest absolute Gasteiger partial charge is 0.208 e. The second kappa shape index (κ2) is 5.01. The standard InChI is InChI=1S/C20H28O7/c1-9-10-3-4-11-18-8-27-20(26,19(11,14(9)23)15(10)24)16(25)13(18)17(2,7-21)6-5-12(18)22/h10-13,15-16,21-22,24-26H,1,3-8H2,2H3/t10-,11-,12-,13+,15+,16-,17+,18+,19-,20-/m0/s1. The minimum Gasteiger partial charge on any atom is -0.396 e. The number of hydrogen-bond donors (Lipinski definition) is 5. The van der Waals surface area contributed by atoms with E-state index in [0.717, 1.165) is 0 Å². The lowest BCUT2D eigenvalue weighted by Crippen LogP contribution is -2.86. The first kappa shape index (κ1) is 18.2. The number of ketones is 1. The van der Waals surface area contributed by atoms with Crippen LogP contribution in [0.2, 0.25) is 0 Å². The molecule has 7 heteroatoms. The second-order valence-electron chi connectivity index (χ2n) is 9.79. The molecule has 6 fully saturated rings. The Hall–Kier alpha value is -0.830. The van der Waals surface area contributed by atoms with Crippen molar-refractivity contribution in [2.75, 3.05) is 13.2 Å². The fourth-order valence-corrected chi connectivity index (χ4v) is 7.91. The van der Waals surface area contributed by atoms with E-state index in [1.807, 2.05) is 6.92 Å². The second-order valence-corrected chi connectivity index (χ2v) is 9.79. The Balaban J connectivity index is 1.80. The van der Waals surface area contributed by atoms with Crippen LogP contribution in [0.1, 0.15) is 32.6 Å². The Morgan fingerprint density at radius 2 is 1.89 bits per heavy atom. The molecule has 2 aliphatic heterocycles. The first-order chi connectivity index (χ1) is 12.6. The van der Waals surface area contributed by atoms with Crippen molar-refractivity contribution in [2.24, 2.45) is 34.0 Å². The Labute approximate surface area is 157 Å². The highest BCUT2D eigenvalue weighted by Gasteiger charge is 2.87. The Morgan fingerprint density at radius 3 is 2.56 bits per heavy atom. The number of ether oxygens (including phenoxy) is 1. The number of hydrogen-bond acceptors (Lipinski definition) is 7. The number of aliphatic hydroxyl groups is 5. The third-order valence-electron chi connectivity index (χ3n) is 9.08. The molecule has 6 aliphatic rings. The van der Waals surface area contributed by atoms with Crippen LogP contribution < -0.4 is 0 Å². The van der Waals surface area contributed by atoms with Gasteiger partial charge in [-0.25, -0.2) is 0 Å². The lowest BCUT2D eigenvalue weighted by Gasteiger charge is -2.74. The van der Waals surface area contributed by atoms with E-state index < -0.39 is 63.9 Å². The van der Waals surface area contributed by atoms with Gasteiger partial charge in [-0.15, -0.1) is 0 Å². The molecule has 0 aromatic rings. The minimum absolute atomic E-state index is 0.00839. The number of rotatable bonds is 1. The molecular formula is C20H28O7. The van der Waals surface area contributed by atoms with Crippen LogP contribution in [0.25, 0.3) is 0 Å². The molecule has 150 valence electrons. The Bertz CT molecular complexity index is 738. The maximum atomic E-state index is 13.4. The molecule has 2 spiro atoms. The van der Waals surface area contributed by atoms with Crippen LogP contribution in [0.15, 0.2) is 12.2 Å². The van der Waals surface area contributed by atoms with Gasteiger partial charge >= 0.3 is 0 Å². The highest BCUT2D eigenvalue weighted by atomic mass is 16.6. The SMILES string of the molecule is C=C1C(=O)[C@]23[C@H](O)[C@H]1CC[C@H]2[C@@]12CO[C@@]3(O)[C@@H](O)[C@@H]1[C@@](C)(CO)CC[C@@H]2O. The third kappa shape index (κ3) is 1.56. The summed E-state index contributed by atoms with van der Waals surface area (Å²) in [5.74, 6) is -4.36. The Morgan fingerprint density at radius 1 is 1.19 bits per heavy atom. The molecule has 7 nitrogen and oxygen atoms in total. The van der Waals surface area contributed by atoms with E-state index >= 15 is 0 Å². The predicted octanol–water partition coefficient (Wildman–Crippen LogP) is -0.652. The maximum Gasteiger partial charge on any atom is 0.208 e. The quantitative estimate of drug-likeness (QED) is 0.383. The van der Waals surface area contributed by atoms with Crippen LogP contribution in [0.3, 0.4) is 0 Å². The Kier molecular flexibility index (Phi) is 3.38. The van der Waals surface area contributed by atoms with E-state index in [1.54, 1.807) is 0 Å². The molecule has 0 amide bonds. The van der Waals surface area contributed by atoms with E-state index in [-0.39, 0.29) is 18.8 Å². The van der Waals surface area contributed by atoms with Gasteiger partial charge in [-0.05, 0) is 42.6 Å². The molecule has 0 aromatic carbocycles. The maximum absolute atomic E-state index is 13.4. The van der Waals surface area contributed by atoms with Gasteiger partial charge in [0.15, 0.2) is 5.78 Å². The van der Waals surface area contributed by atoms with E-state index in [4.69, 9.17) is 4.74 Å². The monoisotopic (exact) mass is 380 g/mol. The largest absolute Gasteiger partial charge is 0.396 e. The highest BCUT2D eigenvalue weighted by molar-refractivity contribution is 6.05. The van der Waals surface area contributed by atoms with Crippen LogP contribution in [0.4, 0.5) is 0 Å². The predicted molar refractivity (Wildman–Crippen MR) is 92.1 cm³/mol. The van der Waals surface area contributed by atoms with Gasteiger partial charge in [-0.1, -0.05) is 13.5 Å². The molecule has 10 atom stereocenters. The van der Waals surface area contributed by atoms with Gasteiger partial charge in [0.05, 0.1) is 18.8 Å².